The first-order valence-corrected chi connectivity index (χ1v) is 10.9. The van der Waals surface area contributed by atoms with E-state index in [0.717, 1.165) is 5.56 Å². The fraction of sp³-hybridized carbons (Fsp3) is 0.292. The Morgan fingerprint density at radius 3 is 2.45 bits per heavy atom. The first-order chi connectivity index (χ1) is 15.6. The molecule has 1 amide bonds. The van der Waals surface area contributed by atoms with E-state index in [9.17, 15) is 14.0 Å². The van der Waals surface area contributed by atoms with Crippen LogP contribution in [0.15, 0.2) is 53.5 Å². The van der Waals surface area contributed by atoms with E-state index in [2.05, 4.69) is 15.6 Å². The standard InChI is InChI=1S/C24H26ClFN4O3/c1-14(2)22(31)29-20-12-27-24(28-18-9-10-21(19(26)11-18)33-15(3)4)30(23(20)32)13-16-5-7-17(25)8-6-16/h5-12,14-15H,13H2,1-4H3,(H,27,28)(H,29,31). The molecular formula is C24H26ClFN4O3. The van der Waals surface area contributed by atoms with E-state index < -0.39 is 11.4 Å². The van der Waals surface area contributed by atoms with Gasteiger partial charge in [-0.3, -0.25) is 14.2 Å². The molecule has 0 spiro atoms. The Hall–Kier alpha value is -3.39. The molecule has 0 saturated carbocycles. The Morgan fingerprint density at radius 2 is 1.85 bits per heavy atom. The maximum atomic E-state index is 14.4. The van der Waals surface area contributed by atoms with Crippen molar-refractivity contribution < 1.29 is 13.9 Å². The van der Waals surface area contributed by atoms with Crippen LogP contribution >= 0.6 is 11.6 Å². The fourth-order valence-corrected chi connectivity index (χ4v) is 3.06. The highest BCUT2D eigenvalue weighted by atomic mass is 35.5. The predicted octanol–water partition coefficient (Wildman–Crippen LogP) is 5.21. The van der Waals surface area contributed by atoms with Crippen molar-refractivity contribution in [3.8, 4) is 5.75 Å². The summed E-state index contributed by atoms with van der Waals surface area (Å²) in [6.07, 6.45) is 1.12. The van der Waals surface area contributed by atoms with Gasteiger partial charge in [0, 0.05) is 22.7 Å². The molecule has 0 unspecified atom stereocenters. The minimum absolute atomic E-state index is 0.0556. The molecule has 3 aromatic rings. The van der Waals surface area contributed by atoms with Crippen molar-refractivity contribution in [2.45, 2.75) is 40.3 Å². The molecule has 174 valence electrons. The minimum atomic E-state index is -0.541. The summed E-state index contributed by atoms with van der Waals surface area (Å²) in [5.74, 6) is -0.818. The number of carbonyl (C=O) groups excluding carboxylic acids is 1. The van der Waals surface area contributed by atoms with Gasteiger partial charge in [-0.15, -0.1) is 0 Å². The lowest BCUT2D eigenvalue weighted by molar-refractivity contribution is -0.118. The van der Waals surface area contributed by atoms with Crippen LogP contribution in [0, 0.1) is 11.7 Å². The third-order valence-corrected chi connectivity index (χ3v) is 4.89. The molecule has 0 atom stereocenters. The summed E-state index contributed by atoms with van der Waals surface area (Å²) >= 11 is 5.97. The van der Waals surface area contributed by atoms with Crippen LogP contribution in [0.5, 0.6) is 5.75 Å². The number of amides is 1. The second-order valence-electron chi connectivity index (χ2n) is 8.09. The summed E-state index contributed by atoms with van der Waals surface area (Å²) in [6.45, 7) is 7.24. The number of rotatable bonds is 8. The number of hydrogen-bond donors (Lipinski definition) is 2. The number of nitrogens with one attached hydrogen (secondary N) is 2. The number of benzene rings is 2. The van der Waals surface area contributed by atoms with Crippen LogP contribution in [-0.4, -0.2) is 21.6 Å². The minimum Gasteiger partial charge on any atom is -0.488 e. The van der Waals surface area contributed by atoms with Crippen LogP contribution in [0.2, 0.25) is 5.02 Å². The van der Waals surface area contributed by atoms with Gasteiger partial charge in [0.15, 0.2) is 11.6 Å². The van der Waals surface area contributed by atoms with Crippen LogP contribution in [0.4, 0.5) is 21.7 Å². The molecule has 2 N–H and O–H groups in total. The van der Waals surface area contributed by atoms with E-state index in [1.807, 2.05) is 13.8 Å². The smallest absolute Gasteiger partial charge is 0.279 e. The van der Waals surface area contributed by atoms with Crippen LogP contribution in [-0.2, 0) is 11.3 Å². The van der Waals surface area contributed by atoms with Gasteiger partial charge >= 0.3 is 0 Å². The zero-order chi connectivity index (χ0) is 24.1. The number of halogens is 2. The van der Waals surface area contributed by atoms with Crippen LogP contribution in [0.1, 0.15) is 33.3 Å². The summed E-state index contributed by atoms with van der Waals surface area (Å²) in [6, 6.07) is 11.4. The quantitative estimate of drug-likeness (QED) is 0.470. The lowest BCUT2D eigenvalue weighted by atomic mass is 10.2. The van der Waals surface area contributed by atoms with Crippen LogP contribution < -0.4 is 20.9 Å². The molecule has 1 heterocycles. The molecule has 3 rings (SSSR count). The lowest BCUT2D eigenvalue weighted by Crippen LogP contribution is -2.30. The molecule has 2 aromatic carbocycles. The van der Waals surface area contributed by atoms with Crippen molar-refractivity contribution in [2.75, 3.05) is 10.6 Å². The predicted molar refractivity (Wildman–Crippen MR) is 128 cm³/mol. The lowest BCUT2D eigenvalue weighted by Gasteiger charge is -2.17. The van der Waals surface area contributed by atoms with Gasteiger partial charge in [-0.1, -0.05) is 37.6 Å². The van der Waals surface area contributed by atoms with Gasteiger partial charge in [0.2, 0.25) is 11.9 Å². The number of ether oxygens (including phenoxy) is 1. The number of anilines is 3. The van der Waals surface area contributed by atoms with E-state index in [4.69, 9.17) is 16.3 Å². The Bertz CT molecular complexity index is 1190. The Labute approximate surface area is 196 Å². The summed E-state index contributed by atoms with van der Waals surface area (Å²) < 4.78 is 21.2. The molecule has 0 aliphatic carbocycles. The van der Waals surface area contributed by atoms with Crippen LogP contribution in [0.3, 0.4) is 0 Å². The number of nitrogens with zero attached hydrogens (tertiary/aromatic N) is 2. The van der Waals surface area contributed by atoms with E-state index >= 15 is 0 Å². The molecule has 0 saturated heterocycles. The van der Waals surface area contributed by atoms with Crippen molar-refractivity contribution in [1.82, 2.24) is 9.55 Å². The molecule has 1 aromatic heterocycles. The Balaban J connectivity index is 1.98. The number of hydrogen-bond acceptors (Lipinski definition) is 5. The van der Waals surface area contributed by atoms with Gasteiger partial charge in [-0.2, -0.15) is 0 Å². The highest BCUT2D eigenvalue weighted by molar-refractivity contribution is 6.30. The summed E-state index contributed by atoms with van der Waals surface area (Å²) in [4.78, 5) is 29.6. The Kier molecular flexibility index (Phi) is 7.71. The zero-order valence-corrected chi connectivity index (χ0v) is 19.6. The second kappa shape index (κ2) is 10.5. The van der Waals surface area contributed by atoms with E-state index in [1.54, 1.807) is 44.2 Å². The summed E-state index contributed by atoms with van der Waals surface area (Å²) in [7, 11) is 0. The van der Waals surface area contributed by atoms with Crippen molar-refractivity contribution in [2.24, 2.45) is 5.92 Å². The topological polar surface area (TPSA) is 85.2 Å². The zero-order valence-electron chi connectivity index (χ0n) is 18.9. The highest BCUT2D eigenvalue weighted by Gasteiger charge is 2.16. The van der Waals surface area contributed by atoms with E-state index in [1.165, 1.54) is 22.9 Å². The maximum Gasteiger partial charge on any atom is 0.279 e. The monoisotopic (exact) mass is 472 g/mol. The van der Waals surface area contributed by atoms with E-state index in [0.29, 0.717) is 10.7 Å². The third kappa shape index (κ3) is 6.32. The molecule has 0 bridgehead atoms. The Morgan fingerprint density at radius 1 is 1.15 bits per heavy atom. The van der Waals surface area contributed by atoms with Gasteiger partial charge in [-0.25, -0.2) is 9.37 Å². The number of carbonyl (C=O) groups is 1. The average Bonchev–Trinajstić information content (AvgIpc) is 2.75. The van der Waals surface area contributed by atoms with Crippen LogP contribution in [0.25, 0.3) is 0 Å². The summed E-state index contributed by atoms with van der Waals surface area (Å²) in [5.41, 5.74) is 0.793. The van der Waals surface area contributed by atoms with Crippen molar-refractivity contribution in [3.63, 3.8) is 0 Å². The molecular weight excluding hydrogens is 447 g/mol. The fourth-order valence-electron chi connectivity index (χ4n) is 2.93. The molecule has 0 aliphatic rings. The molecule has 0 aliphatic heterocycles. The third-order valence-electron chi connectivity index (χ3n) is 4.63. The van der Waals surface area contributed by atoms with Gasteiger partial charge in [0.05, 0.1) is 18.8 Å². The van der Waals surface area contributed by atoms with Crippen molar-refractivity contribution in [3.05, 3.63) is 75.4 Å². The first kappa shape index (κ1) is 24.3. The molecule has 7 nitrogen and oxygen atoms in total. The highest BCUT2D eigenvalue weighted by Crippen LogP contribution is 2.24. The van der Waals surface area contributed by atoms with Gasteiger partial charge in [0.1, 0.15) is 5.69 Å². The maximum absolute atomic E-state index is 14.4. The molecule has 0 radical (unpaired) electrons. The number of aromatic nitrogens is 2. The normalized spacial score (nSPS) is 11.0. The van der Waals surface area contributed by atoms with Crippen molar-refractivity contribution in [1.29, 1.82) is 0 Å². The molecule has 0 fully saturated rings. The summed E-state index contributed by atoms with van der Waals surface area (Å²) in [5, 5.41) is 6.17. The average molecular weight is 473 g/mol. The first-order valence-electron chi connectivity index (χ1n) is 10.5. The second-order valence-corrected chi connectivity index (χ2v) is 8.53. The SMILES string of the molecule is CC(C)Oc1ccc(Nc2ncc(NC(=O)C(C)C)c(=O)n2Cc2ccc(Cl)cc2)cc1F. The molecule has 9 heteroatoms. The van der Waals surface area contributed by atoms with Gasteiger partial charge < -0.3 is 15.4 Å². The van der Waals surface area contributed by atoms with E-state index in [-0.39, 0.29) is 41.9 Å². The van der Waals surface area contributed by atoms with Crippen molar-refractivity contribution >= 4 is 34.8 Å². The van der Waals surface area contributed by atoms with Gasteiger partial charge in [-0.05, 0) is 43.7 Å². The van der Waals surface area contributed by atoms with Gasteiger partial charge in [0.25, 0.3) is 5.56 Å². The molecule has 33 heavy (non-hydrogen) atoms. The largest absolute Gasteiger partial charge is 0.488 e.